The molecule has 0 bridgehead atoms. The lowest BCUT2D eigenvalue weighted by molar-refractivity contribution is -0.323. The zero-order valence-electron chi connectivity index (χ0n) is 6.25. The van der Waals surface area contributed by atoms with E-state index in [4.69, 9.17) is 11.6 Å². The number of ether oxygens (including phenoxy) is 1. The normalized spacial score (nSPS) is 11.7. The molecule has 1 N–H and O–H groups in total. The Kier molecular flexibility index (Phi) is 5.28. The fraction of sp³-hybridized carbons (Fsp3) is 0.667. The molecule has 0 atom stereocenters. The summed E-state index contributed by atoms with van der Waals surface area (Å²) in [6, 6.07) is 0. The Bertz CT molecular complexity index is 148. The third-order valence-corrected chi connectivity index (χ3v) is 0.995. The van der Waals surface area contributed by atoms with Crippen molar-refractivity contribution in [2.24, 2.45) is 0 Å². The number of alkyl halides is 3. The molecule has 0 fully saturated rings. The fourth-order valence-corrected chi connectivity index (χ4v) is 0.557. The number of hydrogen-bond acceptors (Lipinski definition) is 2. The number of halogens is 4. The molecule has 0 aliphatic rings. The van der Waals surface area contributed by atoms with Crippen LogP contribution >= 0.6 is 11.6 Å². The summed E-state index contributed by atoms with van der Waals surface area (Å²) in [5, 5.41) is 2.95. The fourth-order valence-electron chi connectivity index (χ4n) is 0.463. The maximum absolute atomic E-state index is 11.3. The van der Waals surface area contributed by atoms with Crippen molar-refractivity contribution in [2.75, 3.05) is 19.7 Å². The van der Waals surface area contributed by atoms with Crippen LogP contribution in [0.15, 0.2) is 11.6 Å². The smallest absolute Gasteiger partial charge is 0.310 e. The van der Waals surface area contributed by atoms with E-state index in [0.29, 0.717) is 5.03 Å². The molecule has 0 amide bonds. The van der Waals surface area contributed by atoms with Gasteiger partial charge in [-0.15, -0.1) is 13.2 Å². The van der Waals surface area contributed by atoms with E-state index in [1.165, 1.54) is 0 Å². The summed E-state index contributed by atoms with van der Waals surface area (Å²) < 4.78 is 37.5. The van der Waals surface area contributed by atoms with Crippen LogP contribution in [0.1, 0.15) is 0 Å². The molecule has 72 valence electrons. The standard InChI is InChI=1S/C6H9ClF3NO/c1-5(7)4-11-2-3-12-6(8,9)10/h11H,1-4H2. The summed E-state index contributed by atoms with van der Waals surface area (Å²) >= 11 is 5.33. The zero-order chi connectivity index (χ0) is 9.61. The van der Waals surface area contributed by atoms with Crippen LogP contribution in [0, 0.1) is 0 Å². The first-order chi connectivity index (χ1) is 5.42. The van der Waals surface area contributed by atoms with Crippen molar-refractivity contribution in [3.63, 3.8) is 0 Å². The quantitative estimate of drug-likeness (QED) is 0.689. The molecule has 0 aliphatic heterocycles. The summed E-state index contributed by atoms with van der Waals surface area (Å²) in [6.07, 6.45) is -4.56. The monoisotopic (exact) mass is 203 g/mol. The summed E-state index contributed by atoms with van der Waals surface area (Å²) in [4.78, 5) is 0. The Hall–Kier alpha value is -0.260. The number of nitrogens with one attached hydrogen (secondary N) is 1. The average molecular weight is 204 g/mol. The van der Waals surface area contributed by atoms with Gasteiger partial charge in [-0.3, -0.25) is 4.74 Å². The minimum Gasteiger partial charge on any atom is -0.310 e. The van der Waals surface area contributed by atoms with Gasteiger partial charge in [0.05, 0.1) is 6.61 Å². The van der Waals surface area contributed by atoms with E-state index in [2.05, 4.69) is 16.6 Å². The maximum atomic E-state index is 11.3. The molecule has 0 heterocycles. The van der Waals surface area contributed by atoms with Crippen molar-refractivity contribution in [3.8, 4) is 0 Å². The Morgan fingerprint density at radius 2 is 2.08 bits per heavy atom. The molecule has 0 unspecified atom stereocenters. The summed E-state index contributed by atoms with van der Waals surface area (Å²) in [7, 11) is 0. The first kappa shape index (κ1) is 11.7. The van der Waals surface area contributed by atoms with Crippen LogP contribution < -0.4 is 5.32 Å². The van der Waals surface area contributed by atoms with Crippen LogP contribution in [0.2, 0.25) is 0 Å². The minimum atomic E-state index is -4.56. The number of hydrogen-bond donors (Lipinski definition) is 1. The van der Waals surface area contributed by atoms with E-state index in [9.17, 15) is 13.2 Å². The molecule has 0 aliphatic carbocycles. The Morgan fingerprint density at radius 1 is 1.50 bits per heavy atom. The van der Waals surface area contributed by atoms with Crippen molar-refractivity contribution in [3.05, 3.63) is 11.6 Å². The lowest BCUT2D eigenvalue weighted by Gasteiger charge is -2.07. The second-order valence-electron chi connectivity index (χ2n) is 1.99. The molecule has 0 aromatic carbocycles. The second kappa shape index (κ2) is 5.40. The van der Waals surface area contributed by atoms with Gasteiger partial charge >= 0.3 is 6.36 Å². The first-order valence-electron chi connectivity index (χ1n) is 3.16. The Labute approximate surface area is 73.3 Å². The lowest BCUT2D eigenvalue weighted by atomic mass is 10.6. The van der Waals surface area contributed by atoms with Gasteiger partial charge in [0.25, 0.3) is 0 Å². The minimum absolute atomic E-state index is 0.0885. The SMILES string of the molecule is C=C(Cl)CNCCOC(F)(F)F. The van der Waals surface area contributed by atoms with E-state index in [-0.39, 0.29) is 13.1 Å². The predicted molar refractivity (Wildman–Crippen MR) is 39.9 cm³/mol. The summed E-state index contributed by atoms with van der Waals surface area (Å²) in [5.74, 6) is 0. The maximum Gasteiger partial charge on any atom is 0.522 e. The highest BCUT2D eigenvalue weighted by atomic mass is 35.5. The highest BCUT2D eigenvalue weighted by Crippen LogP contribution is 2.14. The van der Waals surface area contributed by atoms with Gasteiger partial charge in [0.15, 0.2) is 0 Å². The summed E-state index contributed by atoms with van der Waals surface area (Å²) in [6.45, 7) is 3.29. The third kappa shape index (κ3) is 9.74. The molecule has 0 spiro atoms. The molecule has 2 nitrogen and oxygen atoms in total. The van der Waals surface area contributed by atoms with E-state index < -0.39 is 13.0 Å². The van der Waals surface area contributed by atoms with Crippen molar-refractivity contribution in [2.45, 2.75) is 6.36 Å². The van der Waals surface area contributed by atoms with E-state index in [1.807, 2.05) is 0 Å². The summed E-state index contributed by atoms with van der Waals surface area (Å²) in [5.41, 5.74) is 0. The van der Waals surface area contributed by atoms with Crippen LogP contribution in [-0.4, -0.2) is 26.1 Å². The average Bonchev–Trinajstić information content (AvgIpc) is 1.83. The van der Waals surface area contributed by atoms with Gasteiger partial charge in [-0.2, -0.15) is 0 Å². The van der Waals surface area contributed by atoms with E-state index in [0.717, 1.165) is 0 Å². The van der Waals surface area contributed by atoms with Crippen LogP contribution in [0.25, 0.3) is 0 Å². The molecule has 0 aromatic heterocycles. The number of rotatable bonds is 5. The van der Waals surface area contributed by atoms with Crippen LogP contribution in [0.3, 0.4) is 0 Å². The van der Waals surface area contributed by atoms with Gasteiger partial charge in [-0.25, -0.2) is 0 Å². The molecule has 0 saturated heterocycles. The van der Waals surface area contributed by atoms with Gasteiger partial charge in [0.2, 0.25) is 0 Å². The van der Waals surface area contributed by atoms with Crippen LogP contribution in [-0.2, 0) is 4.74 Å². The van der Waals surface area contributed by atoms with Gasteiger partial charge < -0.3 is 5.32 Å². The molecular formula is C6H9ClF3NO. The van der Waals surface area contributed by atoms with E-state index >= 15 is 0 Å². The molecule has 6 heteroatoms. The Morgan fingerprint density at radius 3 is 2.50 bits per heavy atom. The van der Waals surface area contributed by atoms with Gasteiger partial charge in [-0.1, -0.05) is 18.2 Å². The second-order valence-corrected chi connectivity index (χ2v) is 2.52. The molecule has 12 heavy (non-hydrogen) atoms. The van der Waals surface area contributed by atoms with Crippen molar-refractivity contribution < 1.29 is 17.9 Å². The molecule has 0 radical (unpaired) electrons. The van der Waals surface area contributed by atoms with Gasteiger partial charge in [0.1, 0.15) is 0 Å². The molecule has 0 rings (SSSR count). The molecule has 0 saturated carbocycles. The topological polar surface area (TPSA) is 21.3 Å². The largest absolute Gasteiger partial charge is 0.522 e. The highest BCUT2D eigenvalue weighted by molar-refractivity contribution is 6.29. The first-order valence-corrected chi connectivity index (χ1v) is 3.54. The van der Waals surface area contributed by atoms with E-state index in [1.54, 1.807) is 0 Å². The predicted octanol–water partition coefficient (Wildman–Crippen LogP) is 1.86. The lowest BCUT2D eigenvalue weighted by Crippen LogP contribution is -2.24. The van der Waals surface area contributed by atoms with Crippen molar-refractivity contribution in [1.29, 1.82) is 0 Å². The molecule has 0 aromatic rings. The van der Waals surface area contributed by atoms with Crippen molar-refractivity contribution in [1.82, 2.24) is 5.32 Å². The molecular weight excluding hydrogens is 195 g/mol. The Balaban J connectivity index is 3.17. The van der Waals surface area contributed by atoms with Crippen molar-refractivity contribution >= 4 is 11.6 Å². The highest BCUT2D eigenvalue weighted by Gasteiger charge is 2.28. The van der Waals surface area contributed by atoms with Gasteiger partial charge in [-0.05, 0) is 0 Å². The van der Waals surface area contributed by atoms with Gasteiger partial charge in [0, 0.05) is 18.1 Å². The zero-order valence-corrected chi connectivity index (χ0v) is 7.00. The third-order valence-electron chi connectivity index (χ3n) is 0.861. The van der Waals surface area contributed by atoms with Crippen LogP contribution in [0.4, 0.5) is 13.2 Å². The van der Waals surface area contributed by atoms with Crippen LogP contribution in [0.5, 0.6) is 0 Å².